The topological polar surface area (TPSA) is 35.8 Å². The average molecular weight is 348 g/mol. The van der Waals surface area contributed by atoms with E-state index >= 15 is 0 Å². The van der Waals surface area contributed by atoms with E-state index < -0.39 is 0 Å². The van der Waals surface area contributed by atoms with Crippen molar-refractivity contribution >= 4 is 22.1 Å². The zero-order valence-electron chi connectivity index (χ0n) is 15.6. The third-order valence-electron chi connectivity index (χ3n) is 6.87. The highest BCUT2D eigenvalue weighted by atomic mass is 16.3. The number of aryl methyl sites for hydroxylation is 2. The van der Waals surface area contributed by atoms with Gasteiger partial charge in [-0.05, 0) is 38.5 Å². The lowest BCUT2D eigenvalue weighted by Gasteiger charge is -2.64. The lowest BCUT2D eigenvalue weighted by atomic mass is 9.68. The van der Waals surface area contributed by atoms with Crippen molar-refractivity contribution in [1.82, 2.24) is 19.7 Å². The van der Waals surface area contributed by atoms with Crippen LogP contribution in [0.1, 0.15) is 23.7 Å². The molecular weight excluding hydrogens is 324 g/mol. The van der Waals surface area contributed by atoms with Crippen LogP contribution in [0.4, 0.5) is 0 Å². The van der Waals surface area contributed by atoms with Crippen molar-refractivity contribution in [2.45, 2.75) is 32.2 Å². The molecule has 0 N–H and O–H groups in total. The molecule has 4 saturated heterocycles. The van der Waals surface area contributed by atoms with Crippen LogP contribution >= 0.6 is 0 Å². The van der Waals surface area contributed by atoms with Crippen LogP contribution in [0, 0.1) is 13.8 Å². The summed E-state index contributed by atoms with van der Waals surface area (Å²) in [6.45, 7) is 12.2. The Morgan fingerprint density at radius 2 is 1.73 bits per heavy atom. The normalized spacial score (nSPS) is 35.7. The Hall–Kier alpha value is -1.95. The van der Waals surface area contributed by atoms with Crippen molar-refractivity contribution in [2.24, 2.45) is 0 Å². The highest BCUT2D eigenvalue weighted by molar-refractivity contribution is 6.05. The summed E-state index contributed by atoms with van der Waals surface area (Å²) in [6.07, 6.45) is 0. The lowest BCUT2D eigenvalue weighted by Crippen LogP contribution is -2.77. The van der Waals surface area contributed by atoms with Gasteiger partial charge in [0.2, 0.25) is 5.71 Å². The van der Waals surface area contributed by atoms with E-state index in [-0.39, 0.29) is 5.41 Å². The quantitative estimate of drug-likeness (QED) is 0.675. The minimum absolute atomic E-state index is 0.0985. The van der Waals surface area contributed by atoms with E-state index in [0.717, 1.165) is 55.5 Å². The number of fused-ring (bicyclic) bond motifs is 3. The number of rotatable bonds is 1. The number of pyridine rings is 1. The Bertz CT molecular complexity index is 1040. The van der Waals surface area contributed by atoms with Crippen molar-refractivity contribution in [3.8, 4) is 0 Å². The van der Waals surface area contributed by atoms with Crippen LogP contribution in [-0.4, -0.2) is 58.8 Å². The molecule has 4 fully saturated rings. The Morgan fingerprint density at radius 1 is 1.00 bits per heavy atom. The first-order chi connectivity index (χ1) is 12.5. The third kappa shape index (κ3) is 1.78. The minimum atomic E-state index is 0.0985. The number of aromatic nitrogens is 1. The van der Waals surface area contributed by atoms with E-state index in [1.165, 1.54) is 16.5 Å². The van der Waals surface area contributed by atoms with Crippen molar-refractivity contribution in [2.75, 3.05) is 33.1 Å². The molecule has 3 aromatic rings. The van der Waals surface area contributed by atoms with Crippen LogP contribution < -0.4 is 0 Å². The number of furan rings is 1. The molecule has 0 spiro atoms. The van der Waals surface area contributed by atoms with E-state index in [1.807, 2.05) is 6.92 Å². The summed E-state index contributed by atoms with van der Waals surface area (Å²) in [5, 5.41) is 2.33. The lowest BCUT2D eigenvalue weighted by molar-refractivity contribution is -0.172. The maximum Gasteiger partial charge on any atom is 0.227 e. The molecule has 0 saturated carbocycles. The molecule has 4 aliphatic heterocycles. The van der Waals surface area contributed by atoms with Crippen LogP contribution in [0.25, 0.3) is 22.1 Å². The summed E-state index contributed by atoms with van der Waals surface area (Å²) < 4.78 is 6.42. The Balaban J connectivity index is 1.67. The van der Waals surface area contributed by atoms with Crippen molar-refractivity contribution in [3.63, 3.8) is 0 Å². The summed E-state index contributed by atoms with van der Waals surface area (Å²) in [5.41, 5.74) is 5.66. The van der Waals surface area contributed by atoms with Gasteiger partial charge in [0.05, 0.1) is 20.0 Å². The maximum atomic E-state index is 6.42. The molecule has 5 heteroatoms. The van der Waals surface area contributed by atoms with E-state index in [9.17, 15) is 0 Å². The van der Waals surface area contributed by atoms with Crippen molar-refractivity contribution < 1.29 is 4.42 Å². The summed E-state index contributed by atoms with van der Waals surface area (Å²) in [7, 11) is 0. The molecule has 1 aromatic carbocycles. The zero-order chi connectivity index (χ0) is 17.6. The summed E-state index contributed by atoms with van der Waals surface area (Å²) in [4.78, 5) is 12.4. The highest BCUT2D eigenvalue weighted by Crippen LogP contribution is 2.47. The van der Waals surface area contributed by atoms with E-state index in [4.69, 9.17) is 4.42 Å². The first kappa shape index (κ1) is 15.1. The fourth-order valence-electron chi connectivity index (χ4n) is 5.73. The van der Waals surface area contributed by atoms with Crippen LogP contribution in [-0.2, 0) is 5.41 Å². The maximum absolute atomic E-state index is 6.42. The van der Waals surface area contributed by atoms with Gasteiger partial charge in [0.1, 0.15) is 5.58 Å². The third-order valence-corrected chi connectivity index (χ3v) is 6.87. The molecule has 0 aliphatic carbocycles. The minimum Gasteiger partial charge on any atom is -0.437 e. The van der Waals surface area contributed by atoms with E-state index in [2.05, 4.69) is 57.8 Å². The fraction of sp³-hybridized carbons (Fsp3) is 0.476. The van der Waals surface area contributed by atoms with Crippen LogP contribution in [0.5, 0.6) is 0 Å². The average Bonchev–Trinajstić information content (AvgIpc) is 2.95. The van der Waals surface area contributed by atoms with Crippen LogP contribution in [0.2, 0.25) is 0 Å². The fourth-order valence-corrected chi connectivity index (χ4v) is 5.73. The smallest absolute Gasteiger partial charge is 0.227 e. The Morgan fingerprint density at radius 3 is 2.50 bits per heavy atom. The molecule has 0 amide bonds. The van der Waals surface area contributed by atoms with Crippen molar-refractivity contribution in [1.29, 1.82) is 0 Å². The second-order valence-electron chi connectivity index (χ2n) is 8.54. The molecule has 134 valence electrons. The molecule has 4 aliphatic rings. The van der Waals surface area contributed by atoms with E-state index in [1.54, 1.807) is 0 Å². The predicted octanol–water partition coefficient (Wildman–Crippen LogP) is 3.04. The standard InChI is InChI=1S/C21H24N4O/c1-13-4-6-16-17-7-5-14(2)22-20(17)26-19(16)18(13)21-8-23-10-24(9-21)12-25(11-23)15(21)3/h4-7,15H,8-12H2,1-3H3. The summed E-state index contributed by atoms with van der Waals surface area (Å²) in [5.74, 6) is 0. The predicted molar refractivity (Wildman–Crippen MR) is 102 cm³/mol. The van der Waals surface area contributed by atoms with Gasteiger partial charge in [-0.3, -0.25) is 14.7 Å². The monoisotopic (exact) mass is 348 g/mol. The van der Waals surface area contributed by atoms with Gasteiger partial charge in [0.25, 0.3) is 0 Å². The molecule has 0 radical (unpaired) electrons. The van der Waals surface area contributed by atoms with E-state index in [0.29, 0.717) is 6.04 Å². The molecule has 26 heavy (non-hydrogen) atoms. The molecular formula is C21H24N4O. The molecule has 7 rings (SSSR count). The SMILES string of the molecule is Cc1ccc2c(n1)oc1c(C34CN5CN(CN(C5)C3C)C4)c(C)ccc12. The Kier molecular flexibility index (Phi) is 2.83. The first-order valence-electron chi connectivity index (χ1n) is 9.54. The molecule has 6 heterocycles. The summed E-state index contributed by atoms with van der Waals surface area (Å²) >= 11 is 0. The Labute approximate surface area is 153 Å². The highest BCUT2D eigenvalue weighted by Gasteiger charge is 2.55. The molecule has 2 aromatic heterocycles. The van der Waals surface area contributed by atoms with Gasteiger partial charge in [-0.15, -0.1) is 0 Å². The van der Waals surface area contributed by atoms with Gasteiger partial charge in [-0.1, -0.05) is 12.1 Å². The van der Waals surface area contributed by atoms with Gasteiger partial charge in [0, 0.05) is 46.6 Å². The van der Waals surface area contributed by atoms with Crippen LogP contribution in [0.3, 0.4) is 0 Å². The first-order valence-corrected chi connectivity index (χ1v) is 9.54. The van der Waals surface area contributed by atoms with Gasteiger partial charge < -0.3 is 4.42 Å². The van der Waals surface area contributed by atoms with Gasteiger partial charge in [-0.2, -0.15) is 0 Å². The second-order valence-corrected chi connectivity index (χ2v) is 8.54. The largest absolute Gasteiger partial charge is 0.437 e. The number of hydrogen-bond donors (Lipinski definition) is 0. The van der Waals surface area contributed by atoms with Crippen LogP contribution in [0.15, 0.2) is 28.7 Å². The summed E-state index contributed by atoms with van der Waals surface area (Å²) in [6, 6.07) is 9.23. The molecule has 3 unspecified atom stereocenters. The second kappa shape index (κ2) is 4.85. The van der Waals surface area contributed by atoms with Gasteiger partial charge in [0.15, 0.2) is 0 Å². The molecule has 5 nitrogen and oxygen atoms in total. The molecule has 4 bridgehead atoms. The number of benzene rings is 1. The number of hydrogen-bond acceptors (Lipinski definition) is 5. The number of nitrogens with zero attached hydrogens (tertiary/aromatic N) is 4. The van der Waals surface area contributed by atoms with Crippen molar-refractivity contribution in [3.05, 3.63) is 41.1 Å². The zero-order valence-corrected chi connectivity index (χ0v) is 15.6. The van der Waals surface area contributed by atoms with Gasteiger partial charge in [-0.25, -0.2) is 4.98 Å². The molecule has 3 atom stereocenters. The van der Waals surface area contributed by atoms with Gasteiger partial charge >= 0.3 is 0 Å².